The lowest BCUT2D eigenvalue weighted by Crippen LogP contribution is -2.35. The summed E-state index contributed by atoms with van der Waals surface area (Å²) in [6.45, 7) is 4.16. The second-order valence-electron chi connectivity index (χ2n) is 9.69. The molecular formula is C28H28FN3O. The molecule has 0 amide bonds. The Morgan fingerprint density at radius 2 is 1.88 bits per heavy atom. The highest BCUT2D eigenvalue weighted by molar-refractivity contribution is 5.82. The molecular weight excluding hydrogens is 413 g/mol. The number of aryl methyl sites for hydroxylation is 1. The lowest BCUT2D eigenvalue weighted by molar-refractivity contribution is -0.0168. The van der Waals surface area contributed by atoms with Gasteiger partial charge in [-0.05, 0) is 85.3 Å². The minimum Gasteiger partial charge on any atom is -0.373 e. The Balaban J connectivity index is 1.46. The predicted octanol–water partition coefficient (Wildman–Crippen LogP) is 5.27. The maximum Gasteiger partial charge on any atom is 0.123 e. The molecule has 2 fully saturated rings. The maximum absolute atomic E-state index is 13.4. The average Bonchev–Trinajstić information content (AvgIpc) is 3.51. The number of hydrogen-bond acceptors (Lipinski definition) is 3. The van der Waals surface area contributed by atoms with Crippen LogP contribution in [0.25, 0.3) is 16.6 Å². The maximum atomic E-state index is 13.4. The third-order valence-electron chi connectivity index (χ3n) is 8.00. The normalized spacial score (nSPS) is 26.7. The first-order valence-corrected chi connectivity index (χ1v) is 11.6. The summed E-state index contributed by atoms with van der Waals surface area (Å²) < 4.78 is 21.6. The highest BCUT2D eigenvalue weighted by Gasteiger charge is 2.58. The summed E-state index contributed by atoms with van der Waals surface area (Å²) in [6.07, 6.45) is 3.88. The Kier molecular flexibility index (Phi) is 4.68. The average molecular weight is 442 g/mol. The number of fused-ring (bicyclic) bond motifs is 2. The van der Waals surface area contributed by atoms with Crippen molar-refractivity contribution in [2.45, 2.75) is 30.8 Å². The Hall–Kier alpha value is -3.02. The van der Waals surface area contributed by atoms with Crippen LogP contribution in [0.15, 0.2) is 72.9 Å². The van der Waals surface area contributed by atoms with Crippen molar-refractivity contribution in [3.8, 4) is 5.69 Å². The molecule has 6 rings (SSSR count). The molecule has 33 heavy (non-hydrogen) atoms. The first-order chi connectivity index (χ1) is 16.0. The molecule has 1 N–H and O–H groups in total. The molecule has 0 bridgehead atoms. The van der Waals surface area contributed by atoms with Gasteiger partial charge in [0.05, 0.1) is 23.0 Å². The third kappa shape index (κ3) is 3.06. The van der Waals surface area contributed by atoms with E-state index in [2.05, 4.69) is 59.8 Å². The van der Waals surface area contributed by atoms with E-state index >= 15 is 0 Å². The van der Waals surface area contributed by atoms with Crippen LogP contribution in [-0.4, -0.2) is 30.0 Å². The van der Waals surface area contributed by atoms with E-state index in [-0.39, 0.29) is 16.8 Å². The Morgan fingerprint density at radius 1 is 1.09 bits per heavy atom. The Morgan fingerprint density at radius 3 is 2.64 bits per heavy atom. The largest absolute Gasteiger partial charge is 0.373 e. The number of nitrogens with zero attached hydrogens (tertiary/aromatic N) is 2. The van der Waals surface area contributed by atoms with Crippen molar-refractivity contribution in [3.05, 3.63) is 95.4 Å². The molecule has 3 atom stereocenters. The van der Waals surface area contributed by atoms with E-state index in [0.29, 0.717) is 5.92 Å². The van der Waals surface area contributed by atoms with Gasteiger partial charge in [-0.1, -0.05) is 30.3 Å². The fourth-order valence-electron chi connectivity index (χ4n) is 6.41. The minimum atomic E-state index is -0.270. The smallest absolute Gasteiger partial charge is 0.123 e. The predicted molar refractivity (Wildman–Crippen MR) is 128 cm³/mol. The van der Waals surface area contributed by atoms with Crippen LogP contribution in [0.3, 0.4) is 0 Å². The van der Waals surface area contributed by atoms with Crippen molar-refractivity contribution >= 4 is 10.9 Å². The number of rotatable bonds is 4. The molecule has 4 nitrogen and oxygen atoms in total. The van der Waals surface area contributed by atoms with Crippen LogP contribution in [0.1, 0.15) is 29.5 Å². The second-order valence-corrected chi connectivity index (χ2v) is 9.69. The number of nitrogens with one attached hydrogen (secondary N) is 1. The van der Waals surface area contributed by atoms with Crippen LogP contribution in [-0.2, 0) is 15.8 Å². The van der Waals surface area contributed by atoms with Crippen molar-refractivity contribution in [2.75, 3.05) is 20.2 Å². The van der Waals surface area contributed by atoms with Gasteiger partial charge in [0.2, 0.25) is 0 Å². The Labute approximate surface area is 193 Å². The van der Waals surface area contributed by atoms with Gasteiger partial charge >= 0.3 is 0 Å². The summed E-state index contributed by atoms with van der Waals surface area (Å²) in [5.74, 6) is 0.259. The quantitative estimate of drug-likeness (QED) is 0.469. The molecule has 2 heterocycles. The number of benzene rings is 3. The van der Waals surface area contributed by atoms with Gasteiger partial charge in [-0.2, -0.15) is 5.10 Å². The van der Waals surface area contributed by atoms with Crippen molar-refractivity contribution < 1.29 is 9.13 Å². The van der Waals surface area contributed by atoms with E-state index in [4.69, 9.17) is 4.74 Å². The number of aromatic nitrogens is 2. The molecule has 1 saturated heterocycles. The fourth-order valence-corrected chi connectivity index (χ4v) is 6.41. The Bertz CT molecular complexity index is 1320. The van der Waals surface area contributed by atoms with Gasteiger partial charge in [0, 0.05) is 24.5 Å². The first-order valence-electron chi connectivity index (χ1n) is 11.6. The third-order valence-corrected chi connectivity index (χ3v) is 8.00. The molecule has 168 valence electrons. The summed E-state index contributed by atoms with van der Waals surface area (Å²) in [5.41, 5.74) is 5.57. The number of ether oxygens (including phenoxy) is 1. The van der Waals surface area contributed by atoms with E-state index in [1.807, 2.05) is 18.0 Å². The molecule has 5 heteroatoms. The van der Waals surface area contributed by atoms with Crippen LogP contribution >= 0.6 is 0 Å². The van der Waals surface area contributed by atoms with E-state index < -0.39 is 0 Å². The highest BCUT2D eigenvalue weighted by Crippen LogP contribution is 2.58. The molecule has 3 aromatic carbocycles. The lowest BCUT2D eigenvalue weighted by Gasteiger charge is -2.34. The van der Waals surface area contributed by atoms with Gasteiger partial charge in [-0.15, -0.1) is 0 Å². The van der Waals surface area contributed by atoms with Gasteiger partial charge in [-0.3, -0.25) is 0 Å². The van der Waals surface area contributed by atoms with Crippen LogP contribution in [0, 0.1) is 18.7 Å². The van der Waals surface area contributed by atoms with Crippen LogP contribution in [0.2, 0.25) is 0 Å². The zero-order valence-electron chi connectivity index (χ0n) is 19.0. The van der Waals surface area contributed by atoms with Crippen molar-refractivity contribution in [1.82, 2.24) is 15.1 Å². The second kappa shape index (κ2) is 7.51. The van der Waals surface area contributed by atoms with Crippen molar-refractivity contribution in [2.24, 2.45) is 5.92 Å². The first kappa shape index (κ1) is 20.6. The molecule has 1 aliphatic heterocycles. The van der Waals surface area contributed by atoms with Gasteiger partial charge in [0.1, 0.15) is 5.82 Å². The number of halogens is 1. The van der Waals surface area contributed by atoms with Crippen LogP contribution in [0.4, 0.5) is 4.39 Å². The monoisotopic (exact) mass is 441 g/mol. The van der Waals surface area contributed by atoms with E-state index in [1.54, 1.807) is 12.1 Å². The molecule has 1 aromatic heterocycles. The summed E-state index contributed by atoms with van der Waals surface area (Å²) in [5, 5.41) is 9.42. The fraction of sp³-hybridized carbons (Fsp3) is 0.321. The van der Waals surface area contributed by atoms with E-state index in [1.165, 1.54) is 28.8 Å². The molecule has 4 aromatic rings. The van der Waals surface area contributed by atoms with Gasteiger partial charge in [0.15, 0.2) is 0 Å². The van der Waals surface area contributed by atoms with Crippen molar-refractivity contribution in [1.29, 1.82) is 0 Å². The van der Waals surface area contributed by atoms with Gasteiger partial charge in [0.25, 0.3) is 0 Å². The van der Waals surface area contributed by atoms with Gasteiger partial charge < -0.3 is 10.1 Å². The molecule has 2 aliphatic rings. The summed E-state index contributed by atoms with van der Waals surface area (Å²) in [6, 6.07) is 21.7. The molecule has 0 spiro atoms. The molecule has 0 unspecified atom stereocenters. The summed E-state index contributed by atoms with van der Waals surface area (Å²) in [4.78, 5) is 0. The zero-order valence-corrected chi connectivity index (χ0v) is 19.0. The standard InChI is InChI=1S/C28H28FN3O/c1-19-12-26-20(15-31-32(26)24-10-8-23(29)9-11-24)13-25(19)27-17-28(33-2,14-22(27)16-30-18-27)21-6-4-3-5-7-21/h3-13,15,22,30H,14,16-18H2,1-2H3/t22-,27-,28-/m1/s1. The summed E-state index contributed by atoms with van der Waals surface area (Å²) in [7, 11) is 1.86. The minimum absolute atomic E-state index is 0.0160. The van der Waals surface area contributed by atoms with Crippen molar-refractivity contribution in [3.63, 3.8) is 0 Å². The van der Waals surface area contributed by atoms with Gasteiger partial charge in [-0.25, -0.2) is 9.07 Å². The highest BCUT2D eigenvalue weighted by atomic mass is 19.1. The van der Waals surface area contributed by atoms with E-state index in [9.17, 15) is 4.39 Å². The zero-order chi connectivity index (χ0) is 22.6. The SMILES string of the molecule is CO[C@]1(c2ccccc2)C[C@@H]2CNC[C@]2(c2cc3cnn(-c4ccc(F)cc4)c3cc2C)C1. The molecule has 0 radical (unpaired) electrons. The topological polar surface area (TPSA) is 39.1 Å². The summed E-state index contributed by atoms with van der Waals surface area (Å²) >= 11 is 0. The molecule has 1 saturated carbocycles. The van der Waals surface area contributed by atoms with E-state index in [0.717, 1.165) is 42.5 Å². The number of methoxy groups -OCH3 is 1. The van der Waals surface area contributed by atoms with Crippen LogP contribution in [0.5, 0.6) is 0 Å². The van der Waals surface area contributed by atoms with Crippen LogP contribution < -0.4 is 5.32 Å². The lowest BCUT2D eigenvalue weighted by atomic mass is 9.72. The molecule has 1 aliphatic carbocycles. The number of hydrogen-bond donors (Lipinski definition) is 1.